The summed E-state index contributed by atoms with van der Waals surface area (Å²) in [6.07, 6.45) is 1.28. The summed E-state index contributed by atoms with van der Waals surface area (Å²) in [7, 11) is 0. The maximum atomic E-state index is 2.51. The van der Waals surface area contributed by atoms with Crippen LogP contribution in [0.1, 0.15) is 34.1 Å². The van der Waals surface area contributed by atoms with Crippen molar-refractivity contribution in [2.45, 2.75) is 38.0 Å². The first-order valence-corrected chi connectivity index (χ1v) is 4.37. The second-order valence-electron chi connectivity index (χ2n) is 3.24. The summed E-state index contributed by atoms with van der Waals surface area (Å²) in [4.78, 5) is 0. The molecule has 0 saturated heterocycles. The Labute approximate surface area is 66.2 Å². The summed E-state index contributed by atoms with van der Waals surface area (Å²) in [5.41, 5.74) is 0.495. The topological polar surface area (TPSA) is 0 Å². The Bertz CT molecular complexity index is 61.3. The van der Waals surface area contributed by atoms with Gasteiger partial charge in [0.25, 0.3) is 0 Å². The lowest BCUT2D eigenvalue weighted by Gasteiger charge is -2.23. The standard InChI is InChI=1S/C7H15I/c1-5-6(8)7(2,3)4/h6H,5H2,1-4H3. The summed E-state index contributed by atoms with van der Waals surface area (Å²) >= 11 is 2.51. The molecule has 0 N–H and O–H groups in total. The molecule has 0 aliphatic rings. The Morgan fingerprint density at radius 1 is 1.38 bits per heavy atom. The van der Waals surface area contributed by atoms with Crippen LogP contribution in [0.15, 0.2) is 0 Å². The molecule has 1 atom stereocenters. The van der Waals surface area contributed by atoms with E-state index in [9.17, 15) is 0 Å². The smallest absolute Gasteiger partial charge is 0.0155 e. The Morgan fingerprint density at radius 2 is 1.75 bits per heavy atom. The lowest BCUT2D eigenvalue weighted by molar-refractivity contribution is 0.400. The molecule has 0 spiro atoms. The van der Waals surface area contributed by atoms with Gasteiger partial charge in [-0.05, 0) is 11.8 Å². The summed E-state index contributed by atoms with van der Waals surface area (Å²) in [5, 5.41) is 0. The fraction of sp³-hybridized carbons (Fsp3) is 1.00. The molecule has 0 aromatic heterocycles. The summed E-state index contributed by atoms with van der Waals surface area (Å²) in [6.45, 7) is 9.09. The highest BCUT2D eigenvalue weighted by Gasteiger charge is 2.18. The van der Waals surface area contributed by atoms with Gasteiger partial charge >= 0.3 is 0 Å². The van der Waals surface area contributed by atoms with Crippen LogP contribution in [0.4, 0.5) is 0 Å². The predicted octanol–water partition coefficient (Wildman–Crippen LogP) is 3.25. The van der Waals surface area contributed by atoms with Crippen LogP contribution in [-0.4, -0.2) is 3.92 Å². The van der Waals surface area contributed by atoms with Gasteiger partial charge < -0.3 is 0 Å². The predicted molar refractivity (Wildman–Crippen MR) is 47.6 cm³/mol. The lowest BCUT2D eigenvalue weighted by Crippen LogP contribution is -2.18. The molecule has 0 aliphatic carbocycles. The van der Waals surface area contributed by atoms with Crippen LogP contribution in [0.25, 0.3) is 0 Å². The molecule has 50 valence electrons. The lowest BCUT2D eigenvalue weighted by atomic mass is 9.91. The van der Waals surface area contributed by atoms with Gasteiger partial charge in [0.15, 0.2) is 0 Å². The Morgan fingerprint density at radius 3 is 1.75 bits per heavy atom. The van der Waals surface area contributed by atoms with Crippen LogP contribution in [0.3, 0.4) is 0 Å². The zero-order valence-corrected chi connectivity index (χ0v) is 8.32. The van der Waals surface area contributed by atoms with E-state index >= 15 is 0 Å². The normalized spacial score (nSPS) is 16.1. The van der Waals surface area contributed by atoms with Gasteiger partial charge in [0.1, 0.15) is 0 Å². The van der Waals surface area contributed by atoms with E-state index in [0.717, 1.165) is 3.92 Å². The molecular formula is C7H15I. The van der Waals surface area contributed by atoms with Gasteiger partial charge in [0.2, 0.25) is 0 Å². The van der Waals surface area contributed by atoms with E-state index in [4.69, 9.17) is 0 Å². The third-order valence-corrected chi connectivity index (χ3v) is 4.05. The van der Waals surface area contributed by atoms with E-state index in [1.54, 1.807) is 0 Å². The van der Waals surface area contributed by atoms with Gasteiger partial charge in [-0.3, -0.25) is 0 Å². The highest BCUT2D eigenvalue weighted by Crippen LogP contribution is 2.28. The van der Waals surface area contributed by atoms with Crippen LogP contribution < -0.4 is 0 Å². The molecule has 0 fully saturated rings. The van der Waals surface area contributed by atoms with Crippen molar-refractivity contribution < 1.29 is 0 Å². The van der Waals surface area contributed by atoms with Crippen molar-refractivity contribution in [3.63, 3.8) is 0 Å². The van der Waals surface area contributed by atoms with E-state index in [1.165, 1.54) is 6.42 Å². The third kappa shape index (κ3) is 2.90. The van der Waals surface area contributed by atoms with Crippen LogP contribution >= 0.6 is 22.6 Å². The van der Waals surface area contributed by atoms with Crippen molar-refractivity contribution in [3.05, 3.63) is 0 Å². The number of alkyl halides is 1. The first-order chi connectivity index (χ1) is 3.48. The highest BCUT2D eigenvalue weighted by molar-refractivity contribution is 14.1. The summed E-state index contributed by atoms with van der Waals surface area (Å²) in [5.74, 6) is 0. The summed E-state index contributed by atoms with van der Waals surface area (Å²) in [6, 6.07) is 0. The first kappa shape index (κ1) is 8.73. The third-order valence-electron chi connectivity index (χ3n) is 1.30. The molecule has 0 nitrogen and oxygen atoms in total. The minimum absolute atomic E-state index is 0.495. The van der Waals surface area contributed by atoms with E-state index in [0.29, 0.717) is 5.41 Å². The minimum atomic E-state index is 0.495. The van der Waals surface area contributed by atoms with Crippen LogP contribution in [0, 0.1) is 5.41 Å². The van der Waals surface area contributed by atoms with E-state index in [2.05, 4.69) is 50.3 Å². The molecule has 1 unspecified atom stereocenters. The highest BCUT2D eigenvalue weighted by atomic mass is 127. The van der Waals surface area contributed by atoms with Crippen molar-refractivity contribution in [2.24, 2.45) is 5.41 Å². The van der Waals surface area contributed by atoms with Gasteiger partial charge in [-0.15, -0.1) is 0 Å². The first-order valence-electron chi connectivity index (χ1n) is 3.12. The van der Waals surface area contributed by atoms with E-state index in [1.807, 2.05) is 0 Å². The van der Waals surface area contributed by atoms with E-state index in [-0.39, 0.29) is 0 Å². The largest absolute Gasteiger partial charge is 0.0821 e. The van der Waals surface area contributed by atoms with Crippen molar-refractivity contribution in [3.8, 4) is 0 Å². The average Bonchev–Trinajstić information content (AvgIpc) is 1.62. The molecule has 0 aromatic rings. The maximum Gasteiger partial charge on any atom is 0.0155 e. The molecule has 0 bridgehead atoms. The van der Waals surface area contributed by atoms with Crippen LogP contribution in [-0.2, 0) is 0 Å². The zero-order chi connectivity index (χ0) is 6.78. The van der Waals surface area contributed by atoms with Crippen molar-refractivity contribution in [1.29, 1.82) is 0 Å². The second-order valence-corrected chi connectivity index (χ2v) is 4.75. The Hall–Kier alpha value is 0.730. The maximum absolute atomic E-state index is 2.51. The van der Waals surface area contributed by atoms with Gasteiger partial charge in [-0.25, -0.2) is 0 Å². The fourth-order valence-electron chi connectivity index (χ4n) is 0.612. The molecule has 0 amide bonds. The quantitative estimate of drug-likeness (QED) is 0.475. The zero-order valence-electron chi connectivity index (χ0n) is 6.16. The van der Waals surface area contributed by atoms with Crippen molar-refractivity contribution >= 4 is 22.6 Å². The van der Waals surface area contributed by atoms with Gasteiger partial charge in [0.05, 0.1) is 0 Å². The van der Waals surface area contributed by atoms with E-state index < -0.39 is 0 Å². The number of rotatable bonds is 1. The number of halogens is 1. The molecule has 0 aliphatic heterocycles. The molecular weight excluding hydrogens is 211 g/mol. The van der Waals surface area contributed by atoms with Gasteiger partial charge in [0, 0.05) is 3.92 Å². The van der Waals surface area contributed by atoms with Gasteiger partial charge in [-0.1, -0.05) is 50.3 Å². The Kier molecular flexibility index (Phi) is 3.32. The monoisotopic (exact) mass is 226 g/mol. The molecule has 0 radical (unpaired) electrons. The van der Waals surface area contributed by atoms with Crippen molar-refractivity contribution in [2.75, 3.05) is 0 Å². The average molecular weight is 226 g/mol. The fourth-order valence-corrected chi connectivity index (χ4v) is 0.612. The molecule has 0 saturated carbocycles. The van der Waals surface area contributed by atoms with Crippen LogP contribution in [0.5, 0.6) is 0 Å². The van der Waals surface area contributed by atoms with Gasteiger partial charge in [-0.2, -0.15) is 0 Å². The van der Waals surface area contributed by atoms with Crippen molar-refractivity contribution in [1.82, 2.24) is 0 Å². The molecule has 0 aromatic carbocycles. The molecule has 0 rings (SSSR count). The van der Waals surface area contributed by atoms with Crippen LogP contribution in [0.2, 0.25) is 0 Å². The number of hydrogen-bond donors (Lipinski definition) is 0. The molecule has 1 heteroatoms. The molecule has 8 heavy (non-hydrogen) atoms. The summed E-state index contributed by atoms with van der Waals surface area (Å²) < 4.78 is 0.820. The SMILES string of the molecule is CCC(I)C(C)(C)C. The molecule has 0 heterocycles. The number of hydrogen-bond acceptors (Lipinski definition) is 0. The second kappa shape index (κ2) is 3.04. The minimum Gasteiger partial charge on any atom is -0.0821 e. The Balaban J connectivity index is 3.62.